The molecule has 0 radical (unpaired) electrons. The Hall–Kier alpha value is -5.39. The van der Waals surface area contributed by atoms with Crippen LogP contribution in [0.5, 0.6) is 5.75 Å². The van der Waals surface area contributed by atoms with Gasteiger partial charge in [0.25, 0.3) is 5.91 Å². The van der Waals surface area contributed by atoms with Crippen LogP contribution >= 0.6 is 11.3 Å². The Morgan fingerprint density at radius 1 is 0.714 bits per heavy atom. The van der Waals surface area contributed by atoms with Gasteiger partial charge in [0.1, 0.15) is 23.5 Å². The number of hydrogen-bond acceptors (Lipinski definition) is 9. The Morgan fingerprint density at radius 3 is 1.88 bits per heavy atom. The number of carbonyl (C=O) groups excluding carboxylic acids is 3. The second kappa shape index (κ2) is 17.2. The topological polar surface area (TPSA) is 140 Å². The molecule has 294 valence electrons. The van der Waals surface area contributed by atoms with Gasteiger partial charge < -0.3 is 25.2 Å². The zero-order valence-electron chi connectivity index (χ0n) is 33.5. The van der Waals surface area contributed by atoms with E-state index < -0.39 is 47.2 Å². The third-order valence-corrected chi connectivity index (χ3v) is 10.1. The molecule has 5 aromatic rings. The number of aromatic hydroxyl groups is 1. The number of thiophene rings is 1. The summed E-state index contributed by atoms with van der Waals surface area (Å²) in [7, 11) is 0. The van der Waals surface area contributed by atoms with E-state index in [-0.39, 0.29) is 17.6 Å². The Labute approximate surface area is 333 Å². The molecule has 2 aromatic heterocycles. The summed E-state index contributed by atoms with van der Waals surface area (Å²) >= 11 is 1.38. The molecule has 56 heavy (non-hydrogen) atoms. The number of nitrogens with zero attached hydrogens (tertiary/aromatic N) is 2. The third-order valence-electron chi connectivity index (χ3n) is 8.57. The fourth-order valence-corrected chi connectivity index (χ4v) is 6.80. The van der Waals surface area contributed by atoms with Crippen molar-refractivity contribution in [1.82, 2.24) is 20.6 Å². The molecule has 5 rings (SSSR count). The monoisotopic (exact) mass is 776 g/mol. The molecule has 0 aliphatic heterocycles. The summed E-state index contributed by atoms with van der Waals surface area (Å²) in [6, 6.07) is 24.9. The molecule has 0 aliphatic carbocycles. The molecule has 3 aromatic carbocycles. The van der Waals surface area contributed by atoms with Gasteiger partial charge >= 0.3 is 5.97 Å². The Bertz CT molecular complexity index is 2090. The van der Waals surface area contributed by atoms with E-state index in [0.717, 1.165) is 27.1 Å². The minimum absolute atomic E-state index is 0.118. The van der Waals surface area contributed by atoms with E-state index in [2.05, 4.69) is 41.4 Å². The predicted octanol–water partition coefficient (Wildman–Crippen LogP) is 8.60. The summed E-state index contributed by atoms with van der Waals surface area (Å²) in [6.07, 6.45) is 2.66. The number of hydrogen-bond donors (Lipinski definition) is 3. The van der Waals surface area contributed by atoms with Gasteiger partial charge in [0.15, 0.2) is 11.9 Å². The highest BCUT2D eigenvalue weighted by Gasteiger charge is 2.39. The molecule has 0 saturated heterocycles. The highest BCUT2D eigenvalue weighted by Crippen LogP contribution is 2.31. The normalized spacial score (nSPS) is 13.7. The minimum atomic E-state index is -1.25. The number of nitrogens with one attached hydrogen (secondary N) is 2. The summed E-state index contributed by atoms with van der Waals surface area (Å²) in [6.45, 7) is 17.2. The standard InChI is InChI=1S/C45H52N4O6S/c1-43(2,3)36-24-23-35(56-36)41(52)48-34(25-28-15-17-31(18-16-28)39-46-26-32(27-47-39)29-19-21-33(50)22-20-29)40(51)49-37(42(53)55-45(7,8)9)38(54-44(4,5)6)30-13-11-10-12-14-30/h10-24,26-27,34,37-38,50H,25H2,1-9H3,(H,48,52)(H,49,51). The quantitative estimate of drug-likeness (QED) is 0.107. The van der Waals surface area contributed by atoms with E-state index in [0.29, 0.717) is 16.3 Å². The summed E-state index contributed by atoms with van der Waals surface area (Å²) in [5.74, 6) is -0.940. The lowest BCUT2D eigenvalue weighted by Crippen LogP contribution is -2.55. The number of ether oxygens (including phenoxy) is 2. The van der Waals surface area contributed by atoms with Crippen molar-refractivity contribution < 1.29 is 29.0 Å². The number of amides is 2. The first kappa shape index (κ1) is 41.8. The van der Waals surface area contributed by atoms with Crippen LogP contribution < -0.4 is 10.6 Å². The number of benzene rings is 3. The number of carbonyl (C=O) groups is 3. The van der Waals surface area contributed by atoms with Crippen LogP contribution in [0.25, 0.3) is 22.5 Å². The fraction of sp³-hybridized carbons (Fsp3) is 0.356. The van der Waals surface area contributed by atoms with Crippen molar-refractivity contribution in [2.45, 2.75) is 104 Å². The summed E-state index contributed by atoms with van der Waals surface area (Å²) in [4.78, 5) is 52.9. The summed E-state index contributed by atoms with van der Waals surface area (Å²) < 4.78 is 12.3. The summed E-state index contributed by atoms with van der Waals surface area (Å²) in [5.41, 5.74) is 2.19. The van der Waals surface area contributed by atoms with E-state index in [1.54, 1.807) is 63.5 Å². The zero-order valence-corrected chi connectivity index (χ0v) is 34.4. The van der Waals surface area contributed by atoms with Crippen LogP contribution in [-0.2, 0) is 30.9 Å². The van der Waals surface area contributed by atoms with Crippen LogP contribution in [0.3, 0.4) is 0 Å². The smallest absolute Gasteiger partial charge is 0.332 e. The first-order valence-corrected chi connectivity index (χ1v) is 19.5. The first-order chi connectivity index (χ1) is 26.3. The van der Waals surface area contributed by atoms with Gasteiger partial charge in [-0.15, -0.1) is 11.3 Å². The molecule has 0 aliphatic rings. The molecule has 2 heterocycles. The van der Waals surface area contributed by atoms with Gasteiger partial charge in [-0.3, -0.25) is 9.59 Å². The van der Waals surface area contributed by atoms with Crippen LogP contribution in [0.2, 0.25) is 0 Å². The molecule has 3 N–H and O–H groups in total. The van der Waals surface area contributed by atoms with Crippen molar-refractivity contribution in [3.8, 4) is 28.3 Å². The van der Waals surface area contributed by atoms with Gasteiger partial charge in [-0.25, -0.2) is 14.8 Å². The molecule has 0 saturated carbocycles. The van der Waals surface area contributed by atoms with E-state index >= 15 is 0 Å². The van der Waals surface area contributed by atoms with Crippen molar-refractivity contribution in [1.29, 1.82) is 0 Å². The highest BCUT2D eigenvalue weighted by atomic mass is 32.1. The fourth-order valence-electron chi connectivity index (χ4n) is 5.84. The van der Waals surface area contributed by atoms with Gasteiger partial charge in [-0.2, -0.15) is 0 Å². The SMILES string of the molecule is CC(C)(C)OC(=O)C(NC(=O)C(Cc1ccc(-c2ncc(-c3ccc(O)cc3)cn2)cc1)NC(=O)c1ccc(C(C)(C)C)s1)C(OC(C)(C)C)c1ccccc1. The van der Waals surface area contributed by atoms with E-state index in [9.17, 15) is 19.5 Å². The van der Waals surface area contributed by atoms with Gasteiger partial charge in [0.2, 0.25) is 5.91 Å². The summed E-state index contributed by atoms with van der Waals surface area (Å²) in [5, 5.41) is 15.5. The van der Waals surface area contributed by atoms with E-state index in [4.69, 9.17) is 9.47 Å². The molecule has 11 heteroatoms. The van der Waals surface area contributed by atoms with Crippen molar-refractivity contribution in [3.05, 3.63) is 124 Å². The Kier molecular flexibility index (Phi) is 12.8. The number of phenols is 1. The van der Waals surface area contributed by atoms with Gasteiger partial charge in [0.05, 0.1) is 10.5 Å². The average molecular weight is 777 g/mol. The second-order valence-electron chi connectivity index (χ2n) is 16.8. The van der Waals surface area contributed by atoms with Crippen LogP contribution in [0.15, 0.2) is 103 Å². The maximum Gasteiger partial charge on any atom is 0.332 e. The van der Waals surface area contributed by atoms with E-state index in [1.807, 2.05) is 81.4 Å². The lowest BCUT2D eigenvalue weighted by atomic mass is 9.95. The Morgan fingerprint density at radius 2 is 1.32 bits per heavy atom. The molecule has 10 nitrogen and oxygen atoms in total. The molecule has 0 fully saturated rings. The van der Waals surface area contributed by atoms with Crippen molar-refractivity contribution in [3.63, 3.8) is 0 Å². The molecule has 3 unspecified atom stereocenters. The average Bonchev–Trinajstić information content (AvgIpc) is 3.65. The predicted molar refractivity (Wildman–Crippen MR) is 220 cm³/mol. The maximum absolute atomic E-state index is 14.5. The second-order valence-corrected chi connectivity index (χ2v) is 17.8. The molecule has 3 atom stereocenters. The van der Waals surface area contributed by atoms with Gasteiger partial charge in [0, 0.05) is 34.8 Å². The van der Waals surface area contributed by atoms with Crippen LogP contribution in [0.4, 0.5) is 0 Å². The highest BCUT2D eigenvalue weighted by molar-refractivity contribution is 7.14. The largest absolute Gasteiger partial charge is 0.508 e. The minimum Gasteiger partial charge on any atom is -0.508 e. The molecule has 2 amide bonds. The van der Waals surface area contributed by atoms with Gasteiger partial charge in [-0.1, -0.05) is 87.5 Å². The van der Waals surface area contributed by atoms with Gasteiger partial charge in [-0.05, 0) is 87.9 Å². The maximum atomic E-state index is 14.5. The number of phenolic OH excluding ortho intramolecular Hbond substituents is 1. The number of esters is 1. The zero-order chi connectivity index (χ0) is 40.8. The number of aromatic nitrogens is 2. The lowest BCUT2D eigenvalue weighted by Gasteiger charge is -2.35. The molecular formula is C45H52N4O6S. The molecule has 0 spiro atoms. The van der Waals surface area contributed by atoms with Crippen molar-refractivity contribution in [2.24, 2.45) is 0 Å². The van der Waals surface area contributed by atoms with Crippen molar-refractivity contribution in [2.75, 3.05) is 0 Å². The third kappa shape index (κ3) is 11.6. The van der Waals surface area contributed by atoms with Crippen LogP contribution in [0, 0.1) is 0 Å². The molecular weight excluding hydrogens is 725 g/mol. The number of rotatable bonds is 12. The van der Waals surface area contributed by atoms with E-state index in [1.165, 1.54) is 11.3 Å². The van der Waals surface area contributed by atoms with Crippen molar-refractivity contribution >= 4 is 29.1 Å². The lowest BCUT2D eigenvalue weighted by molar-refractivity contribution is -0.167. The first-order valence-electron chi connectivity index (χ1n) is 18.6. The molecule has 0 bridgehead atoms. The van der Waals surface area contributed by atoms with Crippen LogP contribution in [-0.4, -0.2) is 56.1 Å². The van der Waals surface area contributed by atoms with Crippen LogP contribution in [0.1, 0.15) is 94.1 Å². The Balaban J connectivity index is 1.45.